The van der Waals surface area contributed by atoms with Gasteiger partial charge in [-0.3, -0.25) is 4.79 Å². The Morgan fingerprint density at radius 2 is 1.50 bits per heavy atom. The maximum atomic E-state index is 11.9. The normalized spacial score (nSPS) is 12.2. The van der Waals surface area contributed by atoms with E-state index in [4.69, 9.17) is 0 Å². The molecule has 0 fully saturated rings. The molecule has 0 aliphatic rings. The minimum absolute atomic E-state index is 0.345. The predicted octanol–water partition coefficient (Wildman–Crippen LogP) is 5.20. The lowest BCUT2D eigenvalue weighted by atomic mass is 10.1. The first-order valence-corrected chi connectivity index (χ1v) is 6.73. The summed E-state index contributed by atoms with van der Waals surface area (Å²) < 4.78 is 35.6. The van der Waals surface area contributed by atoms with Crippen LogP contribution in [0.15, 0.2) is 12.2 Å². The fourth-order valence-corrected chi connectivity index (χ4v) is 1.60. The molecule has 4 heteroatoms. The molecule has 0 heterocycles. The molecule has 0 spiro atoms. The van der Waals surface area contributed by atoms with E-state index in [1.807, 2.05) is 0 Å². The van der Waals surface area contributed by atoms with Crippen molar-refractivity contribution < 1.29 is 18.0 Å². The summed E-state index contributed by atoms with van der Waals surface area (Å²) in [6.07, 6.45) is 6.70. The van der Waals surface area contributed by atoms with Crippen LogP contribution in [0.25, 0.3) is 0 Å². The number of rotatable bonds is 10. The Kier molecular flexibility index (Phi) is 9.70. The van der Waals surface area contributed by atoms with Crippen LogP contribution in [-0.2, 0) is 4.79 Å². The molecule has 0 bridgehead atoms. The first-order valence-electron chi connectivity index (χ1n) is 6.73. The van der Waals surface area contributed by atoms with E-state index in [0.29, 0.717) is 12.8 Å². The summed E-state index contributed by atoms with van der Waals surface area (Å²) in [6.45, 7) is 2.15. The molecule has 0 aliphatic carbocycles. The van der Waals surface area contributed by atoms with Crippen LogP contribution in [0.2, 0.25) is 0 Å². The highest BCUT2D eigenvalue weighted by Gasteiger charge is 2.36. The van der Waals surface area contributed by atoms with E-state index in [1.54, 1.807) is 0 Å². The van der Waals surface area contributed by atoms with E-state index < -0.39 is 12.0 Å². The topological polar surface area (TPSA) is 17.1 Å². The van der Waals surface area contributed by atoms with Crippen LogP contribution in [0, 0.1) is 0 Å². The molecule has 0 aromatic heterocycles. The molecule has 1 nitrogen and oxygen atoms in total. The average molecular weight is 264 g/mol. The molecule has 0 aromatic carbocycles. The van der Waals surface area contributed by atoms with Gasteiger partial charge in [-0.1, -0.05) is 44.8 Å². The maximum Gasteiger partial charge on any atom is 0.449 e. The molecule has 0 unspecified atom stereocenters. The molecule has 0 N–H and O–H groups in total. The van der Waals surface area contributed by atoms with Gasteiger partial charge in [0.15, 0.2) is 0 Å². The number of carbonyl (C=O) groups is 1. The van der Waals surface area contributed by atoms with Gasteiger partial charge in [0.1, 0.15) is 0 Å². The Balaban J connectivity index is 3.31. The van der Waals surface area contributed by atoms with Gasteiger partial charge in [-0.2, -0.15) is 13.2 Å². The Hall–Kier alpha value is -0.800. The maximum absolute atomic E-state index is 11.9. The molecule has 0 aliphatic heterocycles. The molecule has 0 atom stereocenters. The number of carbonyl (C=O) groups excluding carboxylic acids is 1. The second-order valence-corrected chi connectivity index (χ2v) is 4.49. The molecule has 106 valence electrons. The van der Waals surface area contributed by atoms with E-state index in [0.717, 1.165) is 25.7 Å². The zero-order valence-corrected chi connectivity index (χ0v) is 11.1. The summed E-state index contributed by atoms with van der Waals surface area (Å²) >= 11 is 0. The minimum Gasteiger partial charge on any atom is -0.290 e. The Morgan fingerprint density at radius 3 is 2.06 bits per heavy atom. The van der Waals surface area contributed by atoms with Gasteiger partial charge >= 0.3 is 6.18 Å². The van der Waals surface area contributed by atoms with Gasteiger partial charge in [-0.15, -0.1) is 0 Å². The van der Waals surface area contributed by atoms with Gasteiger partial charge in [0.25, 0.3) is 0 Å². The average Bonchev–Trinajstić information content (AvgIpc) is 2.30. The molecule has 0 saturated heterocycles. The first-order chi connectivity index (χ1) is 8.48. The largest absolute Gasteiger partial charge is 0.449 e. The van der Waals surface area contributed by atoms with E-state index in [-0.39, 0.29) is 6.42 Å². The van der Waals surface area contributed by atoms with E-state index >= 15 is 0 Å². The van der Waals surface area contributed by atoms with Crippen molar-refractivity contribution in [2.75, 3.05) is 0 Å². The van der Waals surface area contributed by atoms with Crippen LogP contribution in [0.3, 0.4) is 0 Å². The molecule has 0 saturated carbocycles. The van der Waals surface area contributed by atoms with Gasteiger partial charge in [0, 0.05) is 6.42 Å². The minimum atomic E-state index is -4.65. The van der Waals surface area contributed by atoms with Gasteiger partial charge in [0.05, 0.1) is 0 Å². The van der Waals surface area contributed by atoms with Crippen molar-refractivity contribution >= 4 is 5.78 Å². The standard InChI is InChI=1S/C14H23F3O/c1-2-3-4-5-6-7-8-9-10-11-12-13(18)14(15,16)17/h5-6H,2-4,7-12H2,1H3/b6-5+. The number of unbranched alkanes of at least 4 members (excludes halogenated alkanes) is 6. The number of allylic oxidation sites excluding steroid dienone is 2. The highest BCUT2D eigenvalue weighted by atomic mass is 19.4. The number of alkyl halides is 3. The number of hydrogen-bond acceptors (Lipinski definition) is 1. The van der Waals surface area contributed by atoms with Crippen LogP contribution in [-0.4, -0.2) is 12.0 Å². The summed E-state index contributed by atoms with van der Waals surface area (Å²) in [5.41, 5.74) is 0. The quantitative estimate of drug-likeness (QED) is 0.391. The fraction of sp³-hybridized carbons (Fsp3) is 0.786. The van der Waals surface area contributed by atoms with E-state index in [9.17, 15) is 18.0 Å². The lowest BCUT2D eigenvalue weighted by Crippen LogP contribution is -2.22. The molecular formula is C14H23F3O. The van der Waals surface area contributed by atoms with Crippen LogP contribution in [0.1, 0.15) is 64.7 Å². The highest BCUT2D eigenvalue weighted by Crippen LogP contribution is 2.19. The molecule has 0 aromatic rings. The van der Waals surface area contributed by atoms with Crippen molar-refractivity contribution in [3.63, 3.8) is 0 Å². The monoisotopic (exact) mass is 264 g/mol. The second-order valence-electron chi connectivity index (χ2n) is 4.49. The Morgan fingerprint density at radius 1 is 0.944 bits per heavy atom. The second kappa shape index (κ2) is 10.2. The third kappa shape index (κ3) is 10.4. The zero-order valence-electron chi connectivity index (χ0n) is 11.1. The molecule has 0 radical (unpaired) electrons. The zero-order chi connectivity index (χ0) is 13.9. The smallest absolute Gasteiger partial charge is 0.290 e. The summed E-state index contributed by atoms with van der Waals surface area (Å²) in [5, 5.41) is 0. The van der Waals surface area contributed by atoms with Crippen LogP contribution in [0.4, 0.5) is 13.2 Å². The summed E-state index contributed by atoms with van der Waals surface area (Å²) in [7, 11) is 0. The van der Waals surface area contributed by atoms with Crippen LogP contribution in [0.5, 0.6) is 0 Å². The number of ketones is 1. The number of Topliss-reactive ketones (excluding diaryl/α,β-unsaturated/α-hetero) is 1. The first kappa shape index (κ1) is 17.2. The molecule has 0 rings (SSSR count). The number of hydrogen-bond donors (Lipinski definition) is 0. The Labute approximate surface area is 107 Å². The predicted molar refractivity (Wildman–Crippen MR) is 67.4 cm³/mol. The van der Waals surface area contributed by atoms with Crippen molar-refractivity contribution in [2.24, 2.45) is 0 Å². The van der Waals surface area contributed by atoms with Crippen molar-refractivity contribution in [2.45, 2.75) is 70.9 Å². The summed E-state index contributed by atoms with van der Waals surface area (Å²) in [5.74, 6) is -1.60. The van der Waals surface area contributed by atoms with Crippen LogP contribution < -0.4 is 0 Å². The van der Waals surface area contributed by atoms with Crippen molar-refractivity contribution in [1.29, 1.82) is 0 Å². The van der Waals surface area contributed by atoms with Gasteiger partial charge in [-0.05, 0) is 25.7 Å². The highest BCUT2D eigenvalue weighted by molar-refractivity contribution is 5.83. The molecule has 0 amide bonds. The van der Waals surface area contributed by atoms with Crippen LogP contribution >= 0.6 is 0 Å². The van der Waals surface area contributed by atoms with Crippen molar-refractivity contribution in [3.8, 4) is 0 Å². The van der Waals surface area contributed by atoms with Crippen molar-refractivity contribution in [3.05, 3.63) is 12.2 Å². The van der Waals surface area contributed by atoms with E-state index in [2.05, 4.69) is 19.1 Å². The lowest BCUT2D eigenvalue weighted by molar-refractivity contribution is -0.171. The lowest BCUT2D eigenvalue weighted by Gasteiger charge is -2.04. The van der Waals surface area contributed by atoms with E-state index in [1.165, 1.54) is 12.8 Å². The molecule has 18 heavy (non-hydrogen) atoms. The Bertz CT molecular complexity index is 244. The SMILES string of the molecule is CCCC/C=C/CCCCCCC(=O)C(F)(F)F. The third-order valence-corrected chi connectivity index (χ3v) is 2.73. The summed E-state index contributed by atoms with van der Waals surface area (Å²) in [4.78, 5) is 10.6. The molecular weight excluding hydrogens is 241 g/mol. The third-order valence-electron chi connectivity index (χ3n) is 2.73. The fourth-order valence-electron chi connectivity index (χ4n) is 1.60. The van der Waals surface area contributed by atoms with Gasteiger partial charge < -0.3 is 0 Å². The van der Waals surface area contributed by atoms with Gasteiger partial charge in [0.2, 0.25) is 5.78 Å². The van der Waals surface area contributed by atoms with Crippen molar-refractivity contribution in [1.82, 2.24) is 0 Å². The van der Waals surface area contributed by atoms with Gasteiger partial charge in [-0.25, -0.2) is 0 Å². The summed E-state index contributed by atoms with van der Waals surface area (Å²) in [6, 6.07) is 0. The number of halogens is 3.